The third-order valence-corrected chi connectivity index (χ3v) is 4.78. The Morgan fingerprint density at radius 2 is 2.12 bits per heavy atom. The van der Waals surface area contributed by atoms with Crippen molar-refractivity contribution in [1.29, 1.82) is 0 Å². The fourth-order valence-corrected chi connectivity index (χ4v) is 3.27. The number of likely N-dealkylation sites (tertiary alicyclic amines) is 1. The smallest absolute Gasteiger partial charge is 0.259 e. The van der Waals surface area contributed by atoms with Gasteiger partial charge in [0.1, 0.15) is 17.2 Å². The molecule has 0 bridgehead atoms. The maximum absolute atomic E-state index is 12.3. The van der Waals surface area contributed by atoms with Gasteiger partial charge in [0.05, 0.1) is 5.39 Å². The lowest BCUT2D eigenvalue weighted by atomic mass is 9.91. The number of hydrogen-bond acceptors (Lipinski definition) is 6. The van der Waals surface area contributed by atoms with Crippen LogP contribution in [0.15, 0.2) is 41.3 Å². The SMILES string of the molecule is CN1CC[C@](O)(c2cccc(-c3nc4c(N)nccc4c(=O)[nH]3)c2)C1=O. The van der Waals surface area contributed by atoms with E-state index < -0.39 is 5.60 Å². The average molecular weight is 351 g/mol. The minimum atomic E-state index is -1.57. The Balaban J connectivity index is 1.86. The van der Waals surface area contributed by atoms with Crippen LogP contribution in [0.4, 0.5) is 5.82 Å². The molecule has 0 saturated carbocycles. The van der Waals surface area contributed by atoms with E-state index in [0.717, 1.165) is 0 Å². The number of pyridine rings is 1. The van der Waals surface area contributed by atoms with Gasteiger partial charge < -0.3 is 20.7 Å². The van der Waals surface area contributed by atoms with Gasteiger partial charge >= 0.3 is 0 Å². The standard InChI is InChI=1S/C18H17N5O3/c1-23-8-6-18(26,17(23)25)11-4-2-3-10(9-11)15-21-13-12(16(24)22-15)5-7-20-14(13)19/h2-5,7,9,26H,6,8H2,1H3,(H2,19,20)(H,21,22,24)/t18-/m0/s1. The van der Waals surface area contributed by atoms with Crippen molar-refractivity contribution in [2.45, 2.75) is 12.0 Å². The molecule has 1 aliphatic heterocycles. The van der Waals surface area contributed by atoms with E-state index in [4.69, 9.17) is 5.73 Å². The quantitative estimate of drug-likeness (QED) is 0.621. The summed E-state index contributed by atoms with van der Waals surface area (Å²) < 4.78 is 0. The lowest BCUT2D eigenvalue weighted by Gasteiger charge is -2.21. The van der Waals surface area contributed by atoms with Crippen LogP contribution in [-0.4, -0.2) is 44.5 Å². The molecule has 1 saturated heterocycles. The Bertz CT molecular complexity index is 1090. The second kappa shape index (κ2) is 5.63. The number of fused-ring (bicyclic) bond motifs is 1. The van der Waals surface area contributed by atoms with E-state index in [1.807, 2.05) is 0 Å². The highest BCUT2D eigenvalue weighted by Crippen LogP contribution is 2.34. The number of benzene rings is 1. The summed E-state index contributed by atoms with van der Waals surface area (Å²) in [4.78, 5) is 37.2. The monoisotopic (exact) mass is 351 g/mol. The highest BCUT2D eigenvalue weighted by molar-refractivity contribution is 5.89. The van der Waals surface area contributed by atoms with Gasteiger partial charge in [0.25, 0.3) is 11.5 Å². The number of anilines is 1. The zero-order valence-electron chi connectivity index (χ0n) is 14.1. The molecule has 1 atom stereocenters. The van der Waals surface area contributed by atoms with E-state index in [1.165, 1.54) is 11.1 Å². The van der Waals surface area contributed by atoms with E-state index in [9.17, 15) is 14.7 Å². The minimum Gasteiger partial charge on any atom is -0.382 e. The summed E-state index contributed by atoms with van der Waals surface area (Å²) in [6, 6.07) is 8.36. The first-order valence-electron chi connectivity index (χ1n) is 8.13. The molecule has 3 aromatic rings. The fourth-order valence-electron chi connectivity index (χ4n) is 3.27. The number of hydrogen-bond donors (Lipinski definition) is 3. The number of amides is 1. The normalized spacial score (nSPS) is 20.1. The topological polar surface area (TPSA) is 125 Å². The number of H-pyrrole nitrogens is 1. The van der Waals surface area contributed by atoms with Gasteiger partial charge in [0, 0.05) is 31.8 Å². The largest absolute Gasteiger partial charge is 0.382 e. The Morgan fingerprint density at radius 1 is 1.31 bits per heavy atom. The van der Waals surface area contributed by atoms with Crippen molar-refractivity contribution in [1.82, 2.24) is 19.9 Å². The number of likely N-dealkylation sites (N-methyl/N-ethyl adjacent to an activating group) is 1. The molecule has 26 heavy (non-hydrogen) atoms. The molecule has 0 unspecified atom stereocenters. The molecule has 1 amide bonds. The average Bonchev–Trinajstić information content (AvgIpc) is 2.91. The van der Waals surface area contributed by atoms with E-state index in [0.29, 0.717) is 40.8 Å². The number of aromatic amines is 1. The van der Waals surface area contributed by atoms with Gasteiger partial charge in [-0.15, -0.1) is 0 Å². The lowest BCUT2D eigenvalue weighted by Crippen LogP contribution is -2.36. The first-order valence-corrected chi connectivity index (χ1v) is 8.13. The van der Waals surface area contributed by atoms with Gasteiger partial charge in [-0.05, 0) is 17.7 Å². The number of rotatable bonds is 2. The fraction of sp³-hybridized carbons (Fsp3) is 0.222. The van der Waals surface area contributed by atoms with Crippen LogP contribution in [0.5, 0.6) is 0 Å². The predicted octanol–water partition coefficient (Wildman–Crippen LogP) is 0.617. The number of aromatic nitrogens is 3. The van der Waals surface area contributed by atoms with Crippen LogP contribution in [0.25, 0.3) is 22.3 Å². The molecule has 132 valence electrons. The highest BCUT2D eigenvalue weighted by Gasteiger charge is 2.45. The third kappa shape index (κ3) is 2.34. The van der Waals surface area contributed by atoms with Gasteiger partial charge in [-0.1, -0.05) is 18.2 Å². The summed E-state index contributed by atoms with van der Waals surface area (Å²) in [5, 5.41) is 11.2. The number of nitrogens with one attached hydrogen (secondary N) is 1. The molecule has 8 nitrogen and oxygen atoms in total. The molecule has 0 spiro atoms. The zero-order valence-corrected chi connectivity index (χ0v) is 14.1. The minimum absolute atomic E-state index is 0.164. The van der Waals surface area contributed by atoms with Crippen molar-refractivity contribution in [2.24, 2.45) is 0 Å². The highest BCUT2D eigenvalue weighted by atomic mass is 16.3. The molecule has 2 aromatic heterocycles. The van der Waals surface area contributed by atoms with E-state index in [-0.39, 0.29) is 17.3 Å². The van der Waals surface area contributed by atoms with Gasteiger partial charge in [-0.25, -0.2) is 9.97 Å². The number of nitrogens with two attached hydrogens (primary N) is 1. The second-order valence-electron chi connectivity index (χ2n) is 6.42. The van der Waals surface area contributed by atoms with Gasteiger partial charge in [0.2, 0.25) is 0 Å². The van der Waals surface area contributed by atoms with Crippen LogP contribution in [-0.2, 0) is 10.4 Å². The molecule has 0 radical (unpaired) electrons. The van der Waals surface area contributed by atoms with Crippen LogP contribution >= 0.6 is 0 Å². The lowest BCUT2D eigenvalue weighted by molar-refractivity contribution is -0.143. The van der Waals surface area contributed by atoms with Crippen LogP contribution in [0.2, 0.25) is 0 Å². The number of carbonyl (C=O) groups is 1. The molecule has 4 N–H and O–H groups in total. The second-order valence-corrected chi connectivity index (χ2v) is 6.42. The number of carbonyl (C=O) groups excluding carboxylic acids is 1. The number of nitrogen functional groups attached to an aromatic ring is 1. The van der Waals surface area contributed by atoms with Gasteiger partial charge in [-0.2, -0.15) is 0 Å². The molecular weight excluding hydrogens is 334 g/mol. The molecule has 3 heterocycles. The van der Waals surface area contributed by atoms with Crippen LogP contribution < -0.4 is 11.3 Å². The predicted molar refractivity (Wildman–Crippen MR) is 96.2 cm³/mol. The Kier molecular flexibility index (Phi) is 3.52. The summed E-state index contributed by atoms with van der Waals surface area (Å²) >= 11 is 0. The van der Waals surface area contributed by atoms with E-state index >= 15 is 0 Å². The Morgan fingerprint density at radius 3 is 2.85 bits per heavy atom. The van der Waals surface area contributed by atoms with Crippen LogP contribution in [0.3, 0.4) is 0 Å². The molecule has 0 aliphatic carbocycles. The number of aliphatic hydroxyl groups is 1. The van der Waals surface area contributed by atoms with Crippen molar-refractivity contribution in [2.75, 3.05) is 19.3 Å². The molecule has 4 rings (SSSR count). The van der Waals surface area contributed by atoms with Crippen molar-refractivity contribution in [3.05, 3.63) is 52.4 Å². The van der Waals surface area contributed by atoms with Crippen molar-refractivity contribution in [3.63, 3.8) is 0 Å². The van der Waals surface area contributed by atoms with E-state index in [1.54, 1.807) is 37.4 Å². The van der Waals surface area contributed by atoms with Gasteiger partial charge in [-0.3, -0.25) is 9.59 Å². The van der Waals surface area contributed by atoms with Crippen molar-refractivity contribution >= 4 is 22.6 Å². The summed E-state index contributed by atoms with van der Waals surface area (Å²) in [7, 11) is 1.66. The first kappa shape index (κ1) is 16.2. The first-order chi connectivity index (χ1) is 12.4. The van der Waals surface area contributed by atoms with E-state index in [2.05, 4.69) is 15.0 Å². The summed E-state index contributed by atoms with van der Waals surface area (Å²) in [6.07, 6.45) is 1.76. The number of nitrogens with zero attached hydrogens (tertiary/aromatic N) is 3. The zero-order chi connectivity index (χ0) is 18.5. The Hall–Kier alpha value is -3.26. The third-order valence-electron chi connectivity index (χ3n) is 4.78. The Labute approximate surface area is 148 Å². The summed E-state index contributed by atoms with van der Waals surface area (Å²) in [5.41, 5.74) is 5.29. The molecule has 1 aromatic carbocycles. The van der Waals surface area contributed by atoms with Crippen molar-refractivity contribution in [3.8, 4) is 11.4 Å². The maximum atomic E-state index is 12.3. The maximum Gasteiger partial charge on any atom is 0.259 e. The van der Waals surface area contributed by atoms with Crippen LogP contribution in [0.1, 0.15) is 12.0 Å². The van der Waals surface area contributed by atoms with Crippen molar-refractivity contribution < 1.29 is 9.90 Å². The molecule has 1 fully saturated rings. The van der Waals surface area contributed by atoms with Crippen LogP contribution in [0, 0.1) is 0 Å². The van der Waals surface area contributed by atoms with Gasteiger partial charge in [0.15, 0.2) is 5.60 Å². The summed E-state index contributed by atoms with van der Waals surface area (Å²) in [5.74, 6) is 0.117. The molecule has 8 heteroatoms. The molecular formula is C18H17N5O3. The molecule has 1 aliphatic rings. The summed E-state index contributed by atoms with van der Waals surface area (Å²) in [6.45, 7) is 0.479.